The van der Waals surface area contributed by atoms with E-state index in [9.17, 15) is 4.79 Å². The first-order valence-electron chi connectivity index (χ1n) is 4.79. The number of thiocarbonyl (C=S) groups is 1. The molecule has 0 aromatic carbocycles. The monoisotopic (exact) mass is 232 g/mol. The lowest BCUT2D eigenvalue weighted by atomic mass is 10.2. The minimum Gasteiger partial charge on any atom is -0.378 e. The van der Waals surface area contributed by atoms with Crippen LogP contribution in [0.4, 0.5) is 0 Å². The van der Waals surface area contributed by atoms with Crippen LogP contribution in [0, 0.1) is 0 Å². The van der Waals surface area contributed by atoms with Gasteiger partial charge in [0, 0.05) is 13.1 Å². The number of hydrogen-bond donors (Lipinski definition) is 3. The quantitative estimate of drug-likeness (QED) is 0.308. The fourth-order valence-corrected chi connectivity index (χ4v) is 1.53. The highest BCUT2D eigenvalue weighted by Crippen LogP contribution is 2.00. The van der Waals surface area contributed by atoms with Crippen LogP contribution in [0.15, 0.2) is 0 Å². The molecule has 1 saturated heterocycles. The predicted octanol–water partition coefficient (Wildman–Crippen LogP) is -1.43. The minimum atomic E-state index is -0.369. The van der Waals surface area contributed by atoms with E-state index >= 15 is 0 Å². The molecule has 0 saturated carbocycles. The van der Waals surface area contributed by atoms with E-state index in [-0.39, 0.29) is 17.1 Å². The third-order valence-electron chi connectivity index (χ3n) is 2.17. The van der Waals surface area contributed by atoms with Gasteiger partial charge >= 0.3 is 0 Å². The van der Waals surface area contributed by atoms with Crippen molar-refractivity contribution in [3.05, 3.63) is 0 Å². The van der Waals surface area contributed by atoms with E-state index in [4.69, 9.17) is 22.8 Å². The van der Waals surface area contributed by atoms with Crippen molar-refractivity contribution in [2.45, 2.75) is 13.0 Å². The number of hydrogen-bond acceptors (Lipinski definition) is 4. The fourth-order valence-electron chi connectivity index (χ4n) is 1.36. The van der Waals surface area contributed by atoms with Gasteiger partial charge in [-0.2, -0.15) is 0 Å². The molecule has 0 aromatic heterocycles. The SMILES string of the molecule is CC(NC(=S)NN)C(=O)N1CCOCC1. The van der Waals surface area contributed by atoms with Crippen molar-refractivity contribution in [2.75, 3.05) is 26.3 Å². The lowest BCUT2D eigenvalue weighted by Gasteiger charge is -2.29. The molecule has 0 aromatic rings. The van der Waals surface area contributed by atoms with E-state index in [1.165, 1.54) is 0 Å². The Morgan fingerprint density at radius 3 is 2.67 bits per heavy atom. The minimum absolute atomic E-state index is 0.0101. The standard InChI is InChI=1S/C8H16N4O2S/c1-6(10-8(15)11-9)7(13)12-2-4-14-5-3-12/h6H,2-5,9H2,1H3,(H2,10,11,15). The third kappa shape index (κ3) is 3.61. The van der Waals surface area contributed by atoms with Gasteiger partial charge in [-0.05, 0) is 19.1 Å². The van der Waals surface area contributed by atoms with Crippen LogP contribution in [-0.4, -0.2) is 48.3 Å². The Kier molecular flexibility index (Phi) is 4.73. The Morgan fingerprint density at radius 1 is 1.53 bits per heavy atom. The van der Waals surface area contributed by atoms with E-state index in [1.54, 1.807) is 11.8 Å². The number of nitrogens with one attached hydrogen (secondary N) is 2. The van der Waals surface area contributed by atoms with Gasteiger partial charge in [0.05, 0.1) is 13.2 Å². The maximum absolute atomic E-state index is 11.8. The first kappa shape index (κ1) is 12.2. The molecule has 6 nitrogen and oxygen atoms in total. The zero-order chi connectivity index (χ0) is 11.3. The second kappa shape index (κ2) is 5.84. The molecule has 0 radical (unpaired) electrons. The molecule has 1 fully saturated rings. The van der Waals surface area contributed by atoms with Crippen LogP contribution >= 0.6 is 12.2 Å². The molecule has 7 heteroatoms. The summed E-state index contributed by atoms with van der Waals surface area (Å²) in [5.74, 6) is 5.11. The summed E-state index contributed by atoms with van der Waals surface area (Å²) in [5.41, 5.74) is 2.28. The summed E-state index contributed by atoms with van der Waals surface area (Å²) in [4.78, 5) is 13.6. The van der Waals surface area contributed by atoms with Crippen LogP contribution in [0.5, 0.6) is 0 Å². The predicted molar refractivity (Wildman–Crippen MR) is 59.9 cm³/mol. The van der Waals surface area contributed by atoms with Crippen molar-refractivity contribution in [1.82, 2.24) is 15.6 Å². The molecule has 0 spiro atoms. The number of carbonyl (C=O) groups is 1. The molecule has 4 N–H and O–H groups in total. The second-order valence-corrected chi connectivity index (χ2v) is 3.69. The smallest absolute Gasteiger partial charge is 0.244 e. The Morgan fingerprint density at radius 2 is 2.13 bits per heavy atom. The van der Waals surface area contributed by atoms with Gasteiger partial charge in [-0.25, -0.2) is 5.84 Å². The highest BCUT2D eigenvalue weighted by molar-refractivity contribution is 7.80. The summed E-state index contributed by atoms with van der Waals surface area (Å²) in [6.45, 7) is 4.21. The maximum atomic E-state index is 11.8. The van der Waals surface area contributed by atoms with E-state index in [0.29, 0.717) is 26.3 Å². The molecule has 0 aliphatic carbocycles. The van der Waals surface area contributed by atoms with Gasteiger partial charge in [-0.15, -0.1) is 0 Å². The van der Waals surface area contributed by atoms with Gasteiger partial charge in [-0.1, -0.05) is 0 Å². The van der Waals surface area contributed by atoms with Crippen molar-refractivity contribution >= 4 is 23.2 Å². The molecule has 1 aliphatic heterocycles. The first-order chi connectivity index (χ1) is 7.15. The average molecular weight is 232 g/mol. The number of hydrazine groups is 1. The highest BCUT2D eigenvalue weighted by atomic mass is 32.1. The summed E-state index contributed by atoms with van der Waals surface area (Å²) in [6, 6.07) is -0.369. The molecule has 1 unspecified atom stereocenters. The number of nitrogens with zero attached hydrogens (tertiary/aromatic N) is 1. The molecule has 1 atom stereocenters. The van der Waals surface area contributed by atoms with E-state index < -0.39 is 0 Å². The molecule has 1 amide bonds. The summed E-state index contributed by atoms with van der Waals surface area (Å²) in [7, 11) is 0. The number of ether oxygens (including phenoxy) is 1. The Hall–Kier alpha value is -0.920. The lowest BCUT2D eigenvalue weighted by molar-refractivity contribution is -0.136. The molecule has 86 valence electrons. The van der Waals surface area contributed by atoms with Crippen molar-refractivity contribution < 1.29 is 9.53 Å². The molecular formula is C8H16N4O2S. The van der Waals surface area contributed by atoms with Gasteiger partial charge in [0.15, 0.2) is 5.11 Å². The van der Waals surface area contributed by atoms with Crippen LogP contribution in [0.2, 0.25) is 0 Å². The Balaban J connectivity index is 2.40. The van der Waals surface area contributed by atoms with Crippen LogP contribution in [0.3, 0.4) is 0 Å². The van der Waals surface area contributed by atoms with Crippen LogP contribution < -0.4 is 16.6 Å². The number of nitrogens with two attached hydrogens (primary N) is 1. The molecule has 1 aliphatic rings. The van der Waals surface area contributed by atoms with E-state index in [0.717, 1.165) is 0 Å². The van der Waals surface area contributed by atoms with Crippen LogP contribution in [-0.2, 0) is 9.53 Å². The Bertz CT molecular complexity index is 243. The summed E-state index contributed by atoms with van der Waals surface area (Å²) < 4.78 is 5.16. The average Bonchev–Trinajstić information content (AvgIpc) is 2.29. The van der Waals surface area contributed by atoms with Crippen molar-refractivity contribution in [2.24, 2.45) is 5.84 Å². The van der Waals surface area contributed by atoms with E-state index in [2.05, 4.69) is 10.7 Å². The van der Waals surface area contributed by atoms with E-state index in [1.807, 2.05) is 0 Å². The first-order valence-corrected chi connectivity index (χ1v) is 5.19. The maximum Gasteiger partial charge on any atom is 0.244 e. The van der Waals surface area contributed by atoms with Gasteiger partial charge in [0.1, 0.15) is 6.04 Å². The normalized spacial score (nSPS) is 18.1. The third-order valence-corrected chi connectivity index (χ3v) is 2.41. The van der Waals surface area contributed by atoms with Gasteiger partial charge in [0.25, 0.3) is 0 Å². The number of rotatable bonds is 2. The topological polar surface area (TPSA) is 79.6 Å². The van der Waals surface area contributed by atoms with Crippen molar-refractivity contribution in [1.29, 1.82) is 0 Å². The van der Waals surface area contributed by atoms with Crippen molar-refractivity contribution in [3.63, 3.8) is 0 Å². The highest BCUT2D eigenvalue weighted by Gasteiger charge is 2.22. The molecule has 1 rings (SSSR count). The second-order valence-electron chi connectivity index (χ2n) is 3.28. The molecular weight excluding hydrogens is 216 g/mol. The summed E-state index contributed by atoms with van der Waals surface area (Å²) in [6.07, 6.45) is 0. The van der Waals surface area contributed by atoms with Gasteiger partial charge in [0.2, 0.25) is 5.91 Å². The van der Waals surface area contributed by atoms with Crippen molar-refractivity contribution in [3.8, 4) is 0 Å². The van der Waals surface area contributed by atoms with Gasteiger partial charge < -0.3 is 20.4 Å². The lowest BCUT2D eigenvalue weighted by Crippen LogP contribution is -2.53. The zero-order valence-electron chi connectivity index (χ0n) is 8.66. The number of amides is 1. The number of morpholine rings is 1. The summed E-state index contributed by atoms with van der Waals surface area (Å²) in [5, 5.41) is 3.06. The molecule has 0 bridgehead atoms. The fraction of sp³-hybridized carbons (Fsp3) is 0.750. The largest absolute Gasteiger partial charge is 0.378 e. The molecule has 1 heterocycles. The zero-order valence-corrected chi connectivity index (χ0v) is 9.47. The summed E-state index contributed by atoms with van der Waals surface area (Å²) >= 11 is 4.81. The Labute approximate surface area is 94.1 Å². The van der Waals surface area contributed by atoms with Gasteiger partial charge in [-0.3, -0.25) is 4.79 Å². The number of carbonyl (C=O) groups excluding carboxylic acids is 1. The van der Waals surface area contributed by atoms with Crippen LogP contribution in [0.25, 0.3) is 0 Å². The van der Waals surface area contributed by atoms with Crippen LogP contribution in [0.1, 0.15) is 6.92 Å². The molecule has 15 heavy (non-hydrogen) atoms.